The topological polar surface area (TPSA) is 110 Å². The van der Waals surface area contributed by atoms with Gasteiger partial charge in [0.15, 0.2) is 0 Å². The Morgan fingerprint density at radius 1 is 1.14 bits per heavy atom. The monoisotopic (exact) mass is 501 g/mol. The molecule has 0 spiro atoms. The Morgan fingerprint density at radius 2 is 1.89 bits per heavy atom. The maximum atomic E-state index is 14.5. The summed E-state index contributed by atoms with van der Waals surface area (Å²) in [6, 6.07) is 2.90. The zero-order chi connectivity index (χ0) is 26.4. The van der Waals surface area contributed by atoms with Gasteiger partial charge in [-0.1, -0.05) is 11.6 Å². The van der Waals surface area contributed by atoms with Crippen molar-refractivity contribution in [3.8, 4) is 0 Å². The van der Waals surface area contributed by atoms with E-state index in [1.54, 1.807) is 6.20 Å². The molecule has 0 saturated carbocycles. The number of aliphatic hydroxyl groups excluding tert-OH is 2. The Hall–Kier alpha value is -3.50. The van der Waals surface area contributed by atoms with Gasteiger partial charge in [0.1, 0.15) is 23.6 Å². The van der Waals surface area contributed by atoms with Crippen LogP contribution in [0.2, 0.25) is 0 Å². The first kappa shape index (κ1) is 27.1. The predicted molar refractivity (Wildman–Crippen MR) is 134 cm³/mol. The largest absolute Gasteiger partial charge is 0.400 e. The van der Waals surface area contributed by atoms with E-state index in [1.807, 2.05) is 13.1 Å². The van der Waals surface area contributed by atoms with Crippen LogP contribution in [0.4, 0.5) is 19.0 Å². The van der Waals surface area contributed by atoms with Gasteiger partial charge >= 0.3 is 0 Å². The normalized spacial score (nSPS) is 14.9. The quantitative estimate of drug-likeness (QED) is 0.330. The van der Waals surface area contributed by atoms with Crippen molar-refractivity contribution in [2.24, 2.45) is 0 Å². The first-order valence-corrected chi connectivity index (χ1v) is 11.4. The summed E-state index contributed by atoms with van der Waals surface area (Å²) in [4.78, 5) is 12.6. The summed E-state index contributed by atoms with van der Waals surface area (Å²) in [5.41, 5.74) is 9.27. The van der Waals surface area contributed by atoms with Crippen LogP contribution >= 0.6 is 0 Å². The maximum absolute atomic E-state index is 14.5. The molecule has 36 heavy (non-hydrogen) atoms. The summed E-state index contributed by atoms with van der Waals surface area (Å²) in [6.45, 7) is 1.99. The van der Waals surface area contributed by atoms with Gasteiger partial charge in [-0.15, -0.1) is 0 Å². The van der Waals surface area contributed by atoms with Crippen molar-refractivity contribution < 1.29 is 23.4 Å². The van der Waals surface area contributed by atoms with E-state index in [2.05, 4.69) is 25.6 Å². The van der Waals surface area contributed by atoms with E-state index >= 15 is 0 Å². The molecule has 192 valence electrons. The summed E-state index contributed by atoms with van der Waals surface area (Å²) in [7, 11) is 2.00. The van der Waals surface area contributed by atoms with E-state index in [9.17, 15) is 13.2 Å². The standard InChI is InChI=1S/C24H22F3N5.2CH4O/c1-13-11-32(24-20(13)23(28)30-12-31-24)16-5-3-14(8-16)2-4-15-9-18(22(26)27)21(25)17-6-7-29-10-19(15)17;2*1-2/h6-12,16,22H,2-5H2,1H3,(H2,28,30,31);2*2H,1H3. The van der Waals surface area contributed by atoms with Crippen LogP contribution in [0.5, 0.6) is 0 Å². The van der Waals surface area contributed by atoms with Crippen molar-refractivity contribution in [2.45, 2.75) is 45.1 Å². The molecular formula is C26H30F3N5O2. The third-order valence-electron chi connectivity index (χ3n) is 6.31. The molecule has 3 heterocycles. The van der Waals surface area contributed by atoms with Crippen molar-refractivity contribution in [2.75, 3.05) is 20.0 Å². The molecule has 0 fully saturated rings. The highest BCUT2D eigenvalue weighted by Gasteiger charge is 2.23. The van der Waals surface area contributed by atoms with Crippen molar-refractivity contribution in [1.29, 1.82) is 0 Å². The van der Waals surface area contributed by atoms with Crippen LogP contribution < -0.4 is 5.73 Å². The average molecular weight is 502 g/mol. The number of halogens is 3. The SMILES string of the molecule is CO.CO.Cc1cn(C2C=C(CCc3cc(C(F)F)c(F)c4ccncc34)CC2)c2ncnc(N)c12. The van der Waals surface area contributed by atoms with Crippen molar-refractivity contribution >= 4 is 27.6 Å². The molecule has 0 radical (unpaired) electrons. The number of hydrogen-bond donors (Lipinski definition) is 3. The number of benzene rings is 1. The second-order valence-electron chi connectivity index (χ2n) is 8.27. The number of aliphatic hydroxyl groups is 2. The van der Waals surface area contributed by atoms with E-state index in [0.29, 0.717) is 29.6 Å². The molecule has 1 atom stereocenters. The van der Waals surface area contributed by atoms with Crippen LogP contribution in [0.15, 0.2) is 48.7 Å². The smallest absolute Gasteiger partial charge is 0.266 e. The van der Waals surface area contributed by atoms with E-state index in [1.165, 1.54) is 30.2 Å². The Labute approximate surface area is 207 Å². The summed E-state index contributed by atoms with van der Waals surface area (Å²) in [5, 5.41) is 15.7. The summed E-state index contributed by atoms with van der Waals surface area (Å²) in [6.07, 6.45) is 8.94. The minimum absolute atomic E-state index is 0.152. The molecule has 4 N–H and O–H groups in total. The van der Waals surface area contributed by atoms with E-state index in [-0.39, 0.29) is 11.4 Å². The first-order valence-electron chi connectivity index (χ1n) is 11.4. The van der Waals surface area contributed by atoms with Gasteiger partial charge in [0.25, 0.3) is 6.43 Å². The van der Waals surface area contributed by atoms with Crippen molar-refractivity contribution in [3.63, 3.8) is 0 Å². The number of hydrogen-bond acceptors (Lipinski definition) is 6. The number of nitrogens with two attached hydrogens (primary N) is 1. The van der Waals surface area contributed by atoms with Crippen LogP contribution in [0.1, 0.15) is 48.4 Å². The van der Waals surface area contributed by atoms with Gasteiger partial charge in [0.05, 0.1) is 17.0 Å². The number of fused-ring (bicyclic) bond motifs is 2. The molecule has 1 aliphatic carbocycles. The fourth-order valence-corrected chi connectivity index (χ4v) is 4.74. The van der Waals surface area contributed by atoms with E-state index in [4.69, 9.17) is 15.9 Å². The lowest BCUT2D eigenvalue weighted by atomic mass is 9.96. The number of alkyl halides is 2. The molecule has 10 heteroatoms. The molecule has 0 aliphatic heterocycles. The Balaban J connectivity index is 0.000000861. The third-order valence-corrected chi connectivity index (χ3v) is 6.31. The Bertz CT molecular complexity index is 1370. The number of nitrogens with zero attached hydrogens (tertiary/aromatic N) is 4. The molecular weight excluding hydrogens is 471 g/mol. The molecule has 0 saturated heterocycles. The average Bonchev–Trinajstić information content (AvgIpc) is 3.51. The summed E-state index contributed by atoms with van der Waals surface area (Å²) >= 11 is 0. The molecule has 0 amide bonds. The number of pyridine rings is 1. The summed E-state index contributed by atoms with van der Waals surface area (Å²) < 4.78 is 43.4. The molecule has 1 aromatic carbocycles. The fourth-order valence-electron chi connectivity index (χ4n) is 4.74. The van der Waals surface area contributed by atoms with Crippen LogP contribution in [-0.4, -0.2) is 44.0 Å². The molecule has 5 rings (SSSR count). The van der Waals surface area contributed by atoms with Crippen LogP contribution in [0, 0.1) is 12.7 Å². The van der Waals surface area contributed by atoms with Gasteiger partial charge in [-0.3, -0.25) is 4.98 Å². The molecule has 3 aromatic heterocycles. The lowest BCUT2D eigenvalue weighted by molar-refractivity contribution is 0.146. The minimum atomic E-state index is -2.86. The molecule has 1 aliphatic rings. The number of aryl methyl sites for hydroxylation is 2. The molecule has 7 nitrogen and oxygen atoms in total. The summed E-state index contributed by atoms with van der Waals surface area (Å²) in [5.74, 6) is -0.391. The van der Waals surface area contributed by atoms with Gasteiger partial charge in [-0.2, -0.15) is 0 Å². The van der Waals surface area contributed by atoms with Crippen LogP contribution in [-0.2, 0) is 6.42 Å². The van der Waals surface area contributed by atoms with Gasteiger partial charge in [0.2, 0.25) is 0 Å². The van der Waals surface area contributed by atoms with Crippen molar-refractivity contribution in [1.82, 2.24) is 19.5 Å². The molecule has 1 unspecified atom stereocenters. The van der Waals surface area contributed by atoms with Gasteiger partial charge in [-0.05, 0) is 55.9 Å². The second-order valence-corrected chi connectivity index (χ2v) is 8.27. The second kappa shape index (κ2) is 12.0. The van der Waals surface area contributed by atoms with Crippen LogP contribution in [0.25, 0.3) is 21.8 Å². The fraction of sp³-hybridized carbons (Fsp3) is 0.346. The van der Waals surface area contributed by atoms with Gasteiger partial charge in [0, 0.05) is 43.6 Å². The van der Waals surface area contributed by atoms with E-state index < -0.39 is 17.8 Å². The zero-order valence-corrected chi connectivity index (χ0v) is 20.4. The minimum Gasteiger partial charge on any atom is -0.400 e. The lowest BCUT2D eigenvalue weighted by Crippen LogP contribution is -2.03. The van der Waals surface area contributed by atoms with Gasteiger partial charge < -0.3 is 20.5 Å². The molecule has 0 bridgehead atoms. The Kier molecular flexibility index (Phi) is 9.00. The first-order chi connectivity index (χ1) is 17.4. The maximum Gasteiger partial charge on any atom is 0.266 e. The highest BCUT2D eigenvalue weighted by atomic mass is 19.3. The van der Waals surface area contributed by atoms with Gasteiger partial charge in [-0.25, -0.2) is 23.1 Å². The number of aromatic nitrogens is 4. The Morgan fingerprint density at radius 3 is 2.61 bits per heavy atom. The molecule has 4 aromatic rings. The predicted octanol–water partition coefficient (Wildman–Crippen LogP) is 5.06. The third kappa shape index (κ3) is 5.19. The number of allylic oxidation sites excluding steroid dienone is 2. The number of nitrogen functional groups attached to an aromatic ring is 1. The van der Waals surface area contributed by atoms with E-state index in [0.717, 1.165) is 43.7 Å². The lowest BCUT2D eigenvalue weighted by Gasteiger charge is -2.12. The van der Waals surface area contributed by atoms with Crippen LogP contribution in [0.3, 0.4) is 0 Å². The zero-order valence-electron chi connectivity index (χ0n) is 20.4. The van der Waals surface area contributed by atoms with Crippen molar-refractivity contribution in [3.05, 3.63) is 71.2 Å². The number of anilines is 1. The highest BCUT2D eigenvalue weighted by molar-refractivity contribution is 5.89. The highest BCUT2D eigenvalue weighted by Crippen LogP contribution is 2.36. The number of rotatable bonds is 5.